The van der Waals surface area contributed by atoms with Crippen molar-refractivity contribution >= 4 is 56.7 Å². The third-order valence-electron chi connectivity index (χ3n) is 2.14. The summed E-state index contributed by atoms with van der Waals surface area (Å²) >= 11 is -3.49. The van der Waals surface area contributed by atoms with Gasteiger partial charge in [0.05, 0.1) is 0 Å². The molecule has 0 amide bonds. The van der Waals surface area contributed by atoms with Crippen LogP contribution in [-0.4, -0.2) is 14.8 Å². The zero-order valence-corrected chi connectivity index (χ0v) is 13.7. The van der Waals surface area contributed by atoms with E-state index in [2.05, 4.69) is 10.2 Å². The van der Waals surface area contributed by atoms with Gasteiger partial charge in [-0.2, -0.15) is 0 Å². The molecule has 2 aromatic rings. The van der Waals surface area contributed by atoms with Gasteiger partial charge in [0.2, 0.25) is 0 Å². The summed E-state index contributed by atoms with van der Waals surface area (Å²) in [7, 11) is 18.2. The molecule has 0 aromatic heterocycles. The summed E-state index contributed by atoms with van der Waals surface area (Å²) in [5.74, 6) is 0. The fourth-order valence-corrected chi connectivity index (χ4v) is 5.62. The van der Waals surface area contributed by atoms with E-state index in [4.69, 9.17) is 26.9 Å². The van der Waals surface area contributed by atoms with Crippen LogP contribution in [0.4, 0.5) is 11.4 Å². The van der Waals surface area contributed by atoms with Crippen LogP contribution in [0.3, 0.4) is 0 Å². The van der Waals surface area contributed by atoms with Crippen LogP contribution in [0, 0.1) is 0 Å². The SMILES string of the molecule is Cl[Te](Cl)(Cl)c1ccccc1N=Nc1ccccc1. The molecule has 0 N–H and O–H groups in total. The number of halogens is 3. The molecule has 6 heteroatoms. The fraction of sp³-hybridized carbons (Fsp3) is 0. The molecule has 94 valence electrons. The maximum absolute atomic E-state index is 6.06. The molecule has 0 atom stereocenters. The van der Waals surface area contributed by atoms with Gasteiger partial charge in [0.25, 0.3) is 0 Å². The summed E-state index contributed by atoms with van der Waals surface area (Å²) in [6, 6.07) is 16.7. The van der Waals surface area contributed by atoms with Crippen molar-refractivity contribution in [2.24, 2.45) is 10.2 Å². The minimum absolute atomic E-state index is 0.627. The molecule has 0 bridgehead atoms. The van der Waals surface area contributed by atoms with Gasteiger partial charge in [-0.15, -0.1) is 0 Å². The fourth-order valence-electron chi connectivity index (χ4n) is 1.34. The maximum atomic E-state index is 6.06. The molecule has 0 radical (unpaired) electrons. The van der Waals surface area contributed by atoms with Crippen LogP contribution in [0.2, 0.25) is 0 Å². The van der Waals surface area contributed by atoms with Gasteiger partial charge in [-0.05, 0) is 0 Å². The van der Waals surface area contributed by atoms with Crippen molar-refractivity contribution in [1.29, 1.82) is 0 Å². The number of benzene rings is 2. The average Bonchev–Trinajstić information content (AvgIpc) is 2.37. The Labute approximate surface area is 121 Å². The number of rotatable bonds is 3. The van der Waals surface area contributed by atoms with E-state index < -0.39 is 14.8 Å². The molecule has 18 heavy (non-hydrogen) atoms. The molecule has 2 aromatic carbocycles. The normalized spacial score (nSPS) is 12.8. The minimum atomic E-state index is -3.49. The Kier molecular flexibility index (Phi) is 4.89. The molecule has 0 unspecified atom stereocenters. The van der Waals surface area contributed by atoms with Crippen molar-refractivity contribution in [3.63, 3.8) is 0 Å². The second-order valence-corrected chi connectivity index (χ2v) is 19.5. The first-order valence-electron chi connectivity index (χ1n) is 5.05. The average molecular weight is 415 g/mol. The molecule has 0 fully saturated rings. The van der Waals surface area contributed by atoms with Crippen LogP contribution in [0.1, 0.15) is 0 Å². The zero-order chi connectivity index (χ0) is 13.0. The Morgan fingerprint density at radius 1 is 0.722 bits per heavy atom. The summed E-state index contributed by atoms with van der Waals surface area (Å²) in [5, 5.41) is 8.29. The van der Waals surface area contributed by atoms with Gasteiger partial charge in [-0.25, -0.2) is 0 Å². The van der Waals surface area contributed by atoms with E-state index in [0.717, 1.165) is 5.69 Å². The Morgan fingerprint density at radius 3 is 2.00 bits per heavy atom. The van der Waals surface area contributed by atoms with E-state index in [1.54, 1.807) is 12.1 Å². The van der Waals surface area contributed by atoms with E-state index in [1.807, 2.05) is 42.5 Å². The monoisotopic (exact) mass is 416 g/mol. The van der Waals surface area contributed by atoms with E-state index in [0.29, 0.717) is 9.30 Å². The molecule has 0 saturated heterocycles. The number of hydrogen-bond acceptors (Lipinski definition) is 2. The Hall–Kier alpha value is -0.300. The van der Waals surface area contributed by atoms with Crippen molar-refractivity contribution in [1.82, 2.24) is 0 Å². The zero-order valence-electron chi connectivity index (χ0n) is 9.13. The predicted octanol–water partition coefficient (Wildman–Crippen LogP) is 4.96. The van der Waals surface area contributed by atoms with E-state index in [-0.39, 0.29) is 0 Å². The van der Waals surface area contributed by atoms with Gasteiger partial charge >= 0.3 is 122 Å². The van der Waals surface area contributed by atoms with Gasteiger partial charge < -0.3 is 0 Å². The van der Waals surface area contributed by atoms with E-state index in [9.17, 15) is 0 Å². The molecule has 0 saturated carbocycles. The Balaban J connectivity index is 2.33. The van der Waals surface area contributed by atoms with E-state index in [1.165, 1.54) is 0 Å². The van der Waals surface area contributed by atoms with Crippen LogP contribution >= 0.6 is 26.9 Å². The Bertz CT molecular complexity index is 553. The summed E-state index contributed by atoms with van der Waals surface area (Å²) in [5.41, 5.74) is 1.40. The molecular weight excluding hydrogens is 406 g/mol. The van der Waals surface area contributed by atoms with Crippen LogP contribution in [0.25, 0.3) is 0 Å². The topological polar surface area (TPSA) is 24.7 Å². The van der Waals surface area contributed by atoms with Crippen molar-refractivity contribution in [3.05, 3.63) is 54.6 Å². The van der Waals surface area contributed by atoms with Gasteiger partial charge in [0, 0.05) is 0 Å². The molecule has 2 nitrogen and oxygen atoms in total. The first-order chi connectivity index (χ1) is 8.57. The van der Waals surface area contributed by atoms with Gasteiger partial charge in [0.1, 0.15) is 0 Å². The summed E-state index contributed by atoms with van der Waals surface area (Å²) in [6.45, 7) is 0. The quantitative estimate of drug-likeness (QED) is 0.500. The third kappa shape index (κ3) is 3.85. The predicted molar refractivity (Wildman–Crippen MR) is 80.0 cm³/mol. The van der Waals surface area contributed by atoms with Crippen LogP contribution in [0.15, 0.2) is 64.8 Å². The second-order valence-electron chi connectivity index (χ2n) is 3.41. The van der Waals surface area contributed by atoms with Gasteiger partial charge in [-0.1, -0.05) is 0 Å². The second kappa shape index (κ2) is 6.23. The van der Waals surface area contributed by atoms with E-state index >= 15 is 0 Å². The number of nitrogens with zero attached hydrogens (tertiary/aromatic N) is 2. The summed E-state index contributed by atoms with van der Waals surface area (Å²) in [6.07, 6.45) is 0. The van der Waals surface area contributed by atoms with Gasteiger partial charge in [-0.3, -0.25) is 0 Å². The first-order valence-corrected chi connectivity index (χ1v) is 15.1. The molecule has 0 aliphatic rings. The van der Waals surface area contributed by atoms with Crippen molar-refractivity contribution in [3.8, 4) is 0 Å². The Morgan fingerprint density at radius 2 is 1.33 bits per heavy atom. The molecule has 0 aliphatic heterocycles. The van der Waals surface area contributed by atoms with Crippen molar-refractivity contribution in [2.75, 3.05) is 0 Å². The van der Waals surface area contributed by atoms with Crippen molar-refractivity contribution in [2.45, 2.75) is 0 Å². The molecular formula is C12H9Cl3N2Te. The molecule has 2 rings (SSSR count). The van der Waals surface area contributed by atoms with Crippen LogP contribution < -0.4 is 3.61 Å². The standard InChI is InChI=1S/C12H9Cl3N2Te/c13-18(14,15)12-9-5-4-8-11(12)17-16-10-6-2-1-3-7-10/h1-9H. The number of hydrogen-bond donors (Lipinski definition) is 0. The summed E-state index contributed by atoms with van der Waals surface area (Å²) < 4.78 is 0.699. The summed E-state index contributed by atoms with van der Waals surface area (Å²) in [4.78, 5) is 0. The molecule has 0 heterocycles. The van der Waals surface area contributed by atoms with Crippen LogP contribution in [0.5, 0.6) is 0 Å². The molecule has 0 aliphatic carbocycles. The van der Waals surface area contributed by atoms with Crippen LogP contribution in [-0.2, 0) is 0 Å². The number of azo groups is 1. The van der Waals surface area contributed by atoms with Gasteiger partial charge in [0.15, 0.2) is 0 Å². The molecule has 0 spiro atoms. The third-order valence-corrected chi connectivity index (χ3v) is 7.90. The first kappa shape index (κ1) is 14.1. The van der Waals surface area contributed by atoms with Crippen molar-refractivity contribution < 1.29 is 0 Å².